The highest BCUT2D eigenvalue weighted by atomic mass is 35.5. The van der Waals surface area contributed by atoms with Crippen LogP contribution in [0.3, 0.4) is 0 Å². The predicted octanol–water partition coefficient (Wildman–Crippen LogP) is 6.27. The first-order valence-electron chi connectivity index (χ1n) is 10.3. The van der Waals surface area contributed by atoms with Gasteiger partial charge in [-0.3, -0.25) is 9.79 Å². The van der Waals surface area contributed by atoms with Crippen molar-refractivity contribution in [1.29, 1.82) is 5.26 Å². The molecule has 0 saturated heterocycles. The fraction of sp³-hybridized carbons (Fsp3) is 0.250. The van der Waals surface area contributed by atoms with Crippen molar-refractivity contribution >= 4 is 57.5 Å². The summed E-state index contributed by atoms with van der Waals surface area (Å²) in [5.74, 6) is 0.760. The first-order chi connectivity index (χ1) is 15.5. The van der Waals surface area contributed by atoms with Crippen LogP contribution in [0, 0.1) is 17.2 Å². The van der Waals surface area contributed by atoms with Crippen LogP contribution in [-0.4, -0.2) is 22.9 Å². The van der Waals surface area contributed by atoms with Gasteiger partial charge in [-0.05, 0) is 61.1 Å². The van der Waals surface area contributed by atoms with Crippen molar-refractivity contribution in [2.75, 3.05) is 11.1 Å². The van der Waals surface area contributed by atoms with E-state index < -0.39 is 0 Å². The van der Waals surface area contributed by atoms with Gasteiger partial charge in [-0.25, -0.2) is 4.98 Å². The molecule has 0 bridgehead atoms. The van der Waals surface area contributed by atoms with Gasteiger partial charge in [0, 0.05) is 27.7 Å². The molecule has 1 amide bonds. The quantitative estimate of drug-likeness (QED) is 0.256. The molecule has 0 aliphatic heterocycles. The van der Waals surface area contributed by atoms with Crippen LogP contribution in [0.15, 0.2) is 52.5 Å². The summed E-state index contributed by atoms with van der Waals surface area (Å²) in [6, 6.07) is 13.6. The number of nitrogens with one attached hydrogen (secondary N) is 1. The molecule has 1 aliphatic carbocycles. The van der Waals surface area contributed by atoms with E-state index >= 15 is 0 Å². The lowest BCUT2D eigenvalue weighted by molar-refractivity contribution is -0.113. The number of pyridine rings is 1. The van der Waals surface area contributed by atoms with E-state index in [1.54, 1.807) is 29.8 Å². The van der Waals surface area contributed by atoms with Crippen LogP contribution in [0.4, 0.5) is 10.7 Å². The van der Waals surface area contributed by atoms with Crippen molar-refractivity contribution in [3.05, 3.63) is 69.3 Å². The molecule has 32 heavy (non-hydrogen) atoms. The van der Waals surface area contributed by atoms with Gasteiger partial charge in [0.05, 0.1) is 17.0 Å². The number of benzene rings is 1. The molecule has 2 heterocycles. The maximum absolute atomic E-state index is 12.6. The number of fused-ring (bicyclic) bond motifs is 1. The average Bonchev–Trinajstić information content (AvgIpc) is 3.13. The summed E-state index contributed by atoms with van der Waals surface area (Å²) in [6.07, 6.45) is 6.30. The highest BCUT2D eigenvalue weighted by Crippen LogP contribution is 2.39. The number of aromatic nitrogens is 1. The van der Waals surface area contributed by atoms with E-state index in [2.05, 4.69) is 28.3 Å². The number of thioether (sulfide) groups is 1. The van der Waals surface area contributed by atoms with Gasteiger partial charge in [0.15, 0.2) is 0 Å². The summed E-state index contributed by atoms with van der Waals surface area (Å²) < 4.78 is 0. The summed E-state index contributed by atoms with van der Waals surface area (Å²) in [6.45, 7) is 2.23. The normalized spacial score (nSPS) is 15.3. The fourth-order valence-corrected chi connectivity index (χ4v) is 5.86. The zero-order valence-electron chi connectivity index (χ0n) is 17.5. The topological polar surface area (TPSA) is 78.1 Å². The van der Waals surface area contributed by atoms with Crippen LogP contribution in [0.25, 0.3) is 0 Å². The molecular weight excluding hydrogens is 460 g/mol. The molecule has 4 rings (SSSR count). The number of thiophene rings is 1. The molecule has 1 aromatic carbocycles. The molecule has 1 N–H and O–H groups in total. The number of nitriles is 1. The minimum absolute atomic E-state index is 0.116. The van der Waals surface area contributed by atoms with Gasteiger partial charge in [0.25, 0.3) is 0 Å². The molecule has 3 aromatic rings. The second-order valence-corrected chi connectivity index (χ2v) is 10.2. The number of rotatable bonds is 6. The maximum Gasteiger partial charge on any atom is 0.235 e. The average molecular weight is 481 g/mol. The Morgan fingerprint density at radius 3 is 3.12 bits per heavy atom. The summed E-state index contributed by atoms with van der Waals surface area (Å²) in [4.78, 5) is 23.3. The third-order valence-corrected chi connectivity index (χ3v) is 7.68. The fourth-order valence-electron chi connectivity index (χ4n) is 3.56. The second kappa shape index (κ2) is 10.3. The van der Waals surface area contributed by atoms with E-state index in [0.717, 1.165) is 41.0 Å². The van der Waals surface area contributed by atoms with Gasteiger partial charge >= 0.3 is 0 Å². The molecule has 0 saturated carbocycles. The van der Waals surface area contributed by atoms with Gasteiger partial charge in [0.2, 0.25) is 5.91 Å². The molecule has 0 fully saturated rings. The van der Waals surface area contributed by atoms with Crippen LogP contribution >= 0.6 is 34.7 Å². The van der Waals surface area contributed by atoms with E-state index in [4.69, 9.17) is 11.6 Å². The maximum atomic E-state index is 12.6. The zero-order chi connectivity index (χ0) is 22.5. The molecule has 1 aliphatic rings. The first-order valence-corrected chi connectivity index (χ1v) is 12.4. The van der Waals surface area contributed by atoms with Gasteiger partial charge in [-0.15, -0.1) is 23.1 Å². The summed E-state index contributed by atoms with van der Waals surface area (Å²) in [5.41, 5.74) is 3.27. The third-order valence-electron chi connectivity index (χ3n) is 5.20. The Morgan fingerprint density at radius 2 is 2.31 bits per heavy atom. The number of hydrogen-bond donors (Lipinski definition) is 1. The number of hydrogen-bond acceptors (Lipinski definition) is 6. The molecule has 5 nitrogen and oxygen atoms in total. The van der Waals surface area contributed by atoms with Gasteiger partial charge < -0.3 is 5.32 Å². The van der Waals surface area contributed by atoms with Crippen molar-refractivity contribution in [1.82, 2.24) is 4.98 Å². The number of nitrogens with zero attached hydrogens (tertiary/aromatic N) is 3. The first kappa shape index (κ1) is 22.5. The zero-order valence-corrected chi connectivity index (χ0v) is 19.9. The van der Waals surface area contributed by atoms with E-state index in [0.29, 0.717) is 21.6 Å². The molecule has 8 heteroatoms. The van der Waals surface area contributed by atoms with Crippen LogP contribution in [-0.2, 0) is 17.6 Å². The largest absolute Gasteiger partial charge is 0.316 e. The predicted molar refractivity (Wildman–Crippen MR) is 133 cm³/mol. The summed E-state index contributed by atoms with van der Waals surface area (Å²) in [5, 5.41) is 13.6. The monoisotopic (exact) mass is 480 g/mol. The molecule has 0 radical (unpaired) electrons. The number of aliphatic imine (C=N–C) groups is 1. The second-order valence-electron chi connectivity index (χ2n) is 7.64. The molecule has 0 spiro atoms. The third kappa shape index (κ3) is 5.39. The lowest BCUT2D eigenvalue weighted by Gasteiger charge is -2.17. The Morgan fingerprint density at radius 1 is 1.44 bits per heavy atom. The van der Waals surface area contributed by atoms with Crippen LogP contribution in [0.1, 0.15) is 34.9 Å². The molecular formula is C24H21ClN4OS2. The molecule has 2 aromatic heterocycles. The Hall–Kier alpha value is -2.66. The SMILES string of the molecule is C[C@H]1CCc2c(sc(NC(=O)CSc3cccc(N=Cc4cccnc4Cl)c3)c2C#N)C1. The summed E-state index contributed by atoms with van der Waals surface area (Å²) >= 11 is 9.05. The lowest BCUT2D eigenvalue weighted by atomic mass is 9.89. The van der Waals surface area contributed by atoms with E-state index in [9.17, 15) is 10.1 Å². The van der Waals surface area contributed by atoms with E-state index in [1.807, 2.05) is 30.3 Å². The standard InChI is InChI=1S/C24H21ClN4OS2/c1-15-7-8-19-20(12-26)24(32-21(19)10-15)29-22(30)14-31-18-6-2-5-17(11-18)28-13-16-4-3-9-27-23(16)25/h2-6,9,11,13,15H,7-8,10,14H2,1H3,(H,29,30)/t15-/m0/s1. The van der Waals surface area contributed by atoms with Crippen molar-refractivity contribution in [2.24, 2.45) is 10.9 Å². The Balaban J connectivity index is 1.38. The number of anilines is 1. The highest BCUT2D eigenvalue weighted by Gasteiger charge is 2.24. The minimum Gasteiger partial charge on any atom is -0.316 e. The molecule has 162 valence electrons. The van der Waals surface area contributed by atoms with Gasteiger partial charge in [-0.1, -0.05) is 24.6 Å². The van der Waals surface area contributed by atoms with Gasteiger partial charge in [-0.2, -0.15) is 5.26 Å². The molecule has 1 atom stereocenters. The van der Waals surface area contributed by atoms with Crippen molar-refractivity contribution in [2.45, 2.75) is 31.1 Å². The Labute approximate surface area is 200 Å². The Kier molecular flexibility index (Phi) is 7.26. The Bertz CT molecular complexity index is 1210. The summed E-state index contributed by atoms with van der Waals surface area (Å²) in [7, 11) is 0. The highest BCUT2D eigenvalue weighted by molar-refractivity contribution is 8.00. The molecule has 0 unspecified atom stereocenters. The van der Waals surface area contributed by atoms with Crippen molar-refractivity contribution < 1.29 is 4.79 Å². The van der Waals surface area contributed by atoms with Crippen molar-refractivity contribution in [3.63, 3.8) is 0 Å². The minimum atomic E-state index is -0.116. The van der Waals surface area contributed by atoms with E-state index in [1.165, 1.54) is 16.6 Å². The van der Waals surface area contributed by atoms with Crippen LogP contribution in [0.5, 0.6) is 0 Å². The number of carbonyl (C=O) groups excluding carboxylic acids is 1. The van der Waals surface area contributed by atoms with E-state index in [-0.39, 0.29) is 11.7 Å². The van der Waals surface area contributed by atoms with Crippen LogP contribution < -0.4 is 5.32 Å². The lowest BCUT2D eigenvalue weighted by Crippen LogP contribution is -2.14. The van der Waals surface area contributed by atoms with Crippen molar-refractivity contribution in [3.8, 4) is 6.07 Å². The van der Waals surface area contributed by atoms with Gasteiger partial charge in [0.1, 0.15) is 16.2 Å². The number of carbonyl (C=O) groups is 1. The number of amides is 1. The smallest absolute Gasteiger partial charge is 0.235 e. The van der Waals surface area contributed by atoms with Crippen LogP contribution in [0.2, 0.25) is 5.15 Å². The number of halogens is 1.